The number of benzene rings is 5. The molecule has 0 heterocycles. The Balaban J connectivity index is 1.83. The Morgan fingerprint density at radius 1 is 0.600 bits per heavy atom. The molecule has 0 aromatic heterocycles. The quantitative estimate of drug-likeness (QED) is 0.120. The molecule has 0 saturated heterocycles. The number of thiocarbonyl (C=S) groups is 1. The fourth-order valence-electron chi connectivity index (χ4n) is 4.86. The van der Waals surface area contributed by atoms with Gasteiger partial charge in [0.1, 0.15) is 33.5 Å². The van der Waals surface area contributed by atoms with Gasteiger partial charge in [0.15, 0.2) is 0 Å². The van der Waals surface area contributed by atoms with Gasteiger partial charge in [-0.05, 0) is 61.0 Å². The second kappa shape index (κ2) is 12.2. The molecule has 0 bridgehead atoms. The molecule has 5 heteroatoms. The number of amides is 1. The van der Waals surface area contributed by atoms with E-state index in [2.05, 4.69) is 41.7 Å². The van der Waals surface area contributed by atoms with Crippen molar-refractivity contribution in [3.63, 3.8) is 0 Å². The van der Waals surface area contributed by atoms with E-state index in [4.69, 9.17) is 12.2 Å². The van der Waals surface area contributed by atoms with Crippen LogP contribution in [0.2, 0.25) is 0 Å². The summed E-state index contributed by atoms with van der Waals surface area (Å²) in [6.07, 6.45) is 0. The van der Waals surface area contributed by atoms with E-state index >= 15 is 0 Å². The predicted molar refractivity (Wildman–Crippen MR) is 170 cm³/mol. The molecular weight excluding hydrogens is 529 g/mol. The second-order valence-electron chi connectivity index (χ2n) is 9.37. The lowest BCUT2D eigenvalue weighted by molar-refractivity contribution is -0.244. The van der Waals surface area contributed by atoms with Crippen LogP contribution >= 0.6 is 19.5 Å². The van der Waals surface area contributed by atoms with Crippen molar-refractivity contribution in [1.29, 1.82) is 0 Å². The van der Waals surface area contributed by atoms with Crippen LogP contribution in [0.3, 0.4) is 0 Å². The van der Waals surface area contributed by atoms with Crippen molar-refractivity contribution in [2.75, 3.05) is 0 Å². The first-order valence-corrected chi connectivity index (χ1v) is 15.2. The van der Waals surface area contributed by atoms with Crippen molar-refractivity contribution in [3.05, 3.63) is 168 Å². The Bertz CT molecular complexity index is 1540. The van der Waals surface area contributed by atoms with E-state index in [-0.39, 0.29) is 16.7 Å². The minimum absolute atomic E-state index is 0.129. The predicted octanol–water partition coefficient (Wildman–Crippen LogP) is 5.78. The third-order valence-corrected chi connectivity index (χ3v) is 11.5. The van der Waals surface area contributed by atoms with E-state index in [1.165, 1.54) is 0 Å². The zero-order valence-electron chi connectivity index (χ0n) is 22.0. The van der Waals surface area contributed by atoms with Gasteiger partial charge in [0, 0.05) is 5.56 Å². The Labute approximate surface area is 241 Å². The Morgan fingerprint density at radius 2 is 1.00 bits per heavy atom. The van der Waals surface area contributed by atoms with E-state index < -0.39 is 7.26 Å². The lowest BCUT2D eigenvalue weighted by atomic mass is 10.1. The molecular formula is C35H28NO2PS. The summed E-state index contributed by atoms with van der Waals surface area (Å²) in [4.78, 5) is 13.6. The molecule has 0 radical (unpaired) electrons. The first kappa shape index (κ1) is 27.2. The van der Waals surface area contributed by atoms with Gasteiger partial charge in [-0.1, -0.05) is 121 Å². The molecule has 196 valence electrons. The van der Waals surface area contributed by atoms with E-state index in [1.807, 2.05) is 91.9 Å². The molecule has 0 aliphatic heterocycles. The van der Waals surface area contributed by atoms with Gasteiger partial charge >= 0.3 is 0 Å². The molecule has 0 fully saturated rings. The summed E-state index contributed by atoms with van der Waals surface area (Å²) in [7, 11) is -2.89. The van der Waals surface area contributed by atoms with Gasteiger partial charge in [0.05, 0.1) is 0 Å². The normalized spacial score (nSPS) is 11.8. The molecule has 0 unspecified atom stereocenters. The van der Waals surface area contributed by atoms with Crippen molar-refractivity contribution < 1.29 is 9.90 Å². The molecule has 0 spiro atoms. The summed E-state index contributed by atoms with van der Waals surface area (Å²) in [6, 6.07) is 46.5. The Morgan fingerprint density at radius 3 is 1.43 bits per heavy atom. The highest BCUT2D eigenvalue weighted by Gasteiger charge is 2.51. The Kier molecular flexibility index (Phi) is 8.31. The molecule has 0 aliphatic carbocycles. The highest BCUT2D eigenvalue weighted by Crippen LogP contribution is 2.64. The van der Waals surface area contributed by atoms with Crippen molar-refractivity contribution in [3.8, 4) is 0 Å². The molecule has 5 aromatic carbocycles. The fraction of sp³-hybridized carbons (Fsp3) is 0.0286. The Hall–Kier alpha value is -4.37. The average Bonchev–Trinajstić information content (AvgIpc) is 3.01. The molecule has 5 aromatic rings. The third-order valence-electron chi connectivity index (χ3n) is 6.77. The van der Waals surface area contributed by atoms with Crippen LogP contribution in [-0.2, 0) is 0 Å². The minimum atomic E-state index is -2.89. The van der Waals surface area contributed by atoms with Crippen LogP contribution in [0.25, 0.3) is 5.76 Å². The summed E-state index contributed by atoms with van der Waals surface area (Å²) in [5.74, 6) is -0.560. The molecule has 40 heavy (non-hydrogen) atoms. The van der Waals surface area contributed by atoms with Crippen LogP contribution in [0.4, 0.5) is 0 Å². The van der Waals surface area contributed by atoms with E-state index in [0.717, 1.165) is 21.5 Å². The van der Waals surface area contributed by atoms with Gasteiger partial charge in [0.2, 0.25) is 0 Å². The molecule has 0 saturated carbocycles. The smallest absolute Gasteiger partial charge is 0.256 e. The molecule has 0 atom stereocenters. The molecule has 1 amide bonds. The number of hydrogen-bond acceptors (Lipinski definition) is 3. The van der Waals surface area contributed by atoms with Crippen molar-refractivity contribution in [1.82, 2.24) is 5.32 Å². The van der Waals surface area contributed by atoms with Crippen LogP contribution in [-0.4, -0.2) is 10.9 Å². The number of hydrogen-bond donors (Lipinski definition) is 1. The van der Waals surface area contributed by atoms with Crippen molar-refractivity contribution in [2.24, 2.45) is 0 Å². The van der Waals surface area contributed by atoms with Crippen LogP contribution in [0.15, 0.2) is 151 Å². The van der Waals surface area contributed by atoms with Crippen LogP contribution in [0, 0.1) is 6.92 Å². The number of carbonyl (C=O) groups excluding carboxylic acids is 1. The van der Waals surface area contributed by atoms with Gasteiger partial charge in [-0.15, -0.1) is 0 Å². The SMILES string of the molecule is Cc1ccc(C(=O)NC(=S)/C(=C(/[O-])c2ccccc2)[P+](c2ccccc2)(c2ccccc2)c2ccccc2)cc1. The lowest BCUT2D eigenvalue weighted by Gasteiger charge is -2.33. The minimum Gasteiger partial charge on any atom is -0.869 e. The second-order valence-corrected chi connectivity index (χ2v) is 13.1. The maximum absolute atomic E-state index is 14.7. The zero-order chi connectivity index (χ0) is 28.0. The summed E-state index contributed by atoms with van der Waals surface area (Å²) in [5.41, 5.74) is 2.03. The number of rotatable bonds is 7. The fourth-order valence-corrected chi connectivity index (χ4v) is 9.78. The zero-order valence-corrected chi connectivity index (χ0v) is 23.7. The highest BCUT2D eigenvalue weighted by molar-refractivity contribution is 8.01. The topological polar surface area (TPSA) is 52.2 Å². The van der Waals surface area contributed by atoms with Crippen molar-refractivity contribution in [2.45, 2.75) is 6.92 Å². The molecule has 1 N–H and O–H groups in total. The average molecular weight is 558 g/mol. The van der Waals surface area contributed by atoms with E-state index in [1.54, 1.807) is 24.3 Å². The van der Waals surface area contributed by atoms with Crippen molar-refractivity contribution >= 4 is 52.0 Å². The summed E-state index contributed by atoms with van der Waals surface area (Å²) in [6.45, 7) is 1.97. The largest absolute Gasteiger partial charge is 0.869 e. The highest BCUT2D eigenvalue weighted by atomic mass is 32.1. The van der Waals surface area contributed by atoms with Gasteiger partial charge in [-0.3, -0.25) is 4.79 Å². The number of nitrogens with one attached hydrogen (secondary N) is 1. The van der Waals surface area contributed by atoms with Crippen LogP contribution in [0.5, 0.6) is 0 Å². The van der Waals surface area contributed by atoms with Gasteiger partial charge in [0.25, 0.3) is 5.91 Å². The number of carbonyl (C=O) groups is 1. The van der Waals surface area contributed by atoms with E-state index in [0.29, 0.717) is 16.4 Å². The van der Waals surface area contributed by atoms with E-state index in [9.17, 15) is 9.90 Å². The summed E-state index contributed by atoms with van der Waals surface area (Å²) < 4.78 is 0. The lowest BCUT2D eigenvalue weighted by Crippen LogP contribution is -2.40. The maximum atomic E-state index is 14.7. The summed E-state index contributed by atoms with van der Waals surface area (Å²) >= 11 is 6.04. The summed E-state index contributed by atoms with van der Waals surface area (Å²) in [5, 5.41) is 20.9. The molecule has 5 rings (SSSR count). The molecule has 3 nitrogen and oxygen atoms in total. The van der Waals surface area contributed by atoms with Gasteiger partial charge < -0.3 is 10.4 Å². The maximum Gasteiger partial charge on any atom is 0.256 e. The molecule has 0 aliphatic rings. The third kappa shape index (κ3) is 5.37. The monoisotopic (exact) mass is 557 g/mol. The first-order chi connectivity index (χ1) is 19.5. The van der Waals surface area contributed by atoms with Gasteiger partial charge in [-0.2, -0.15) is 0 Å². The van der Waals surface area contributed by atoms with Crippen LogP contribution in [0.1, 0.15) is 21.5 Å². The first-order valence-electron chi connectivity index (χ1n) is 13.0. The standard InChI is InChI=1S/C35H28NO2PS/c1-26-22-24-28(25-23-26)34(38)36-35(40)33(32(37)27-14-6-2-7-15-27)39(29-16-8-3-9-17-29,30-18-10-4-11-19-30)31-20-12-5-13-21-31/h2-25H,1H3,(H-,36,37,38,40). The number of aryl methyl sites for hydroxylation is 1. The van der Waals surface area contributed by atoms with Gasteiger partial charge in [-0.25, -0.2) is 0 Å². The van der Waals surface area contributed by atoms with Crippen LogP contribution < -0.4 is 26.3 Å².